The number of aryl methyl sites for hydroxylation is 1. The average molecular weight is 288 g/mol. The van der Waals surface area contributed by atoms with Gasteiger partial charge in [0.2, 0.25) is 0 Å². The molecule has 2 aromatic rings. The number of rotatable bonds is 5. The topological polar surface area (TPSA) is 80.0 Å². The predicted octanol–water partition coefficient (Wildman–Crippen LogP) is 1.40. The molecule has 2 N–H and O–H groups in total. The van der Waals surface area contributed by atoms with Crippen LogP contribution in [0.15, 0.2) is 30.5 Å². The minimum atomic E-state index is -0.826. The van der Waals surface area contributed by atoms with E-state index in [0.29, 0.717) is 11.4 Å². The van der Waals surface area contributed by atoms with Crippen LogP contribution >= 0.6 is 0 Å². The second-order valence-corrected chi connectivity index (χ2v) is 5.21. The second kappa shape index (κ2) is 6.49. The third-order valence-electron chi connectivity index (χ3n) is 3.21. The summed E-state index contributed by atoms with van der Waals surface area (Å²) in [6.07, 6.45) is 0.782. The van der Waals surface area contributed by atoms with E-state index >= 15 is 0 Å². The zero-order valence-electron chi connectivity index (χ0n) is 12.4. The number of aliphatic hydroxyl groups excluding tert-OH is 1. The lowest BCUT2D eigenvalue weighted by Crippen LogP contribution is -2.30. The number of hydrogen-bond acceptors (Lipinski definition) is 4. The molecule has 0 aromatic carbocycles. The molecule has 2 heterocycles. The zero-order chi connectivity index (χ0) is 15.4. The molecule has 1 unspecified atom stereocenters. The molecule has 0 aliphatic heterocycles. The van der Waals surface area contributed by atoms with E-state index in [1.807, 2.05) is 13.8 Å². The van der Waals surface area contributed by atoms with Crippen molar-refractivity contribution < 1.29 is 9.90 Å². The van der Waals surface area contributed by atoms with Crippen molar-refractivity contribution in [2.75, 3.05) is 6.54 Å². The molecule has 0 aliphatic carbocycles. The Morgan fingerprint density at radius 2 is 2.14 bits per heavy atom. The molecule has 0 spiro atoms. The Morgan fingerprint density at radius 3 is 2.71 bits per heavy atom. The van der Waals surface area contributed by atoms with E-state index < -0.39 is 6.10 Å². The molecule has 0 aliphatic rings. The van der Waals surface area contributed by atoms with E-state index in [1.165, 1.54) is 0 Å². The minimum Gasteiger partial charge on any atom is -0.385 e. The Morgan fingerprint density at radius 1 is 1.38 bits per heavy atom. The highest BCUT2D eigenvalue weighted by atomic mass is 16.3. The monoisotopic (exact) mass is 288 g/mol. The molecule has 1 atom stereocenters. The minimum absolute atomic E-state index is 0.109. The fraction of sp³-hybridized carbons (Fsp3) is 0.400. The molecule has 2 rings (SSSR count). The fourth-order valence-corrected chi connectivity index (χ4v) is 1.94. The van der Waals surface area contributed by atoms with Crippen LogP contribution in [0.4, 0.5) is 0 Å². The summed E-state index contributed by atoms with van der Waals surface area (Å²) in [5.41, 5.74) is 1.88. The summed E-state index contributed by atoms with van der Waals surface area (Å²) in [7, 11) is 1.73. The van der Waals surface area contributed by atoms with Crippen LogP contribution in [0.3, 0.4) is 0 Å². The van der Waals surface area contributed by atoms with Crippen molar-refractivity contribution in [3.8, 4) is 0 Å². The third-order valence-corrected chi connectivity index (χ3v) is 3.21. The van der Waals surface area contributed by atoms with Gasteiger partial charge in [0.1, 0.15) is 11.8 Å². The van der Waals surface area contributed by atoms with Crippen LogP contribution in [0.1, 0.15) is 47.7 Å². The van der Waals surface area contributed by atoms with E-state index in [-0.39, 0.29) is 18.4 Å². The number of hydrogen-bond donors (Lipinski definition) is 2. The quantitative estimate of drug-likeness (QED) is 0.871. The highest BCUT2D eigenvalue weighted by Crippen LogP contribution is 2.14. The van der Waals surface area contributed by atoms with E-state index in [0.717, 1.165) is 5.69 Å². The molecule has 0 bridgehead atoms. The number of aromatic nitrogens is 3. The van der Waals surface area contributed by atoms with E-state index in [1.54, 1.807) is 42.2 Å². The number of nitrogens with one attached hydrogen (secondary N) is 1. The van der Waals surface area contributed by atoms with Crippen molar-refractivity contribution in [1.29, 1.82) is 0 Å². The largest absolute Gasteiger partial charge is 0.385 e. The number of pyridine rings is 1. The molecule has 21 heavy (non-hydrogen) atoms. The first-order valence-electron chi connectivity index (χ1n) is 6.90. The molecule has 6 heteroatoms. The maximum Gasteiger partial charge on any atom is 0.269 e. The first kappa shape index (κ1) is 15.2. The highest BCUT2D eigenvalue weighted by Gasteiger charge is 2.16. The summed E-state index contributed by atoms with van der Waals surface area (Å²) in [5, 5.41) is 17.0. The molecule has 0 saturated heterocycles. The van der Waals surface area contributed by atoms with Crippen LogP contribution in [0.2, 0.25) is 0 Å². The van der Waals surface area contributed by atoms with Gasteiger partial charge in [0.15, 0.2) is 0 Å². The molecule has 112 valence electrons. The normalized spacial score (nSPS) is 12.4. The van der Waals surface area contributed by atoms with Crippen LogP contribution in [0.5, 0.6) is 0 Å². The Balaban J connectivity index is 1.99. The Kier molecular flexibility index (Phi) is 4.70. The fourth-order valence-electron chi connectivity index (χ4n) is 1.94. The molecule has 0 fully saturated rings. The van der Waals surface area contributed by atoms with Gasteiger partial charge in [-0.3, -0.25) is 14.5 Å². The van der Waals surface area contributed by atoms with Gasteiger partial charge in [0, 0.05) is 19.8 Å². The van der Waals surface area contributed by atoms with Crippen LogP contribution in [-0.4, -0.2) is 32.3 Å². The van der Waals surface area contributed by atoms with Crippen molar-refractivity contribution in [3.63, 3.8) is 0 Å². The third kappa shape index (κ3) is 3.66. The molecule has 1 amide bonds. The van der Waals surface area contributed by atoms with Crippen molar-refractivity contribution in [2.24, 2.45) is 7.05 Å². The van der Waals surface area contributed by atoms with Crippen LogP contribution in [-0.2, 0) is 7.05 Å². The maximum atomic E-state index is 12.1. The summed E-state index contributed by atoms with van der Waals surface area (Å²) in [6, 6.07) is 7.06. The molecule has 2 aromatic heterocycles. The number of carbonyl (C=O) groups is 1. The number of carbonyl (C=O) groups excluding carboxylic acids is 1. The predicted molar refractivity (Wildman–Crippen MR) is 78.8 cm³/mol. The molecular formula is C15H20N4O2. The first-order chi connectivity index (χ1) is 9.99. The van der Waals surface area contributed by atoms with Gasteiger partial charge in [-0.05, 0) is 24.1 Å². The number of aliphatic hydroxyl groups is 1. The molecule has 6 nitrogen and oxygen atoms in total. The lowest BCUT2D eigenvalue weighted by Gasteiger charge is -2.11. The van der Waals surface area contributed by atoms with E-state index in [2.05, 4.69) is 15.4 Å². The first-order valence-corrected chi connectivity index (χ1v) is 6.90. The van der Waals surface area contributed by atoms with Gasteiger partial charge in [-0.25, -0.2) is 0 Å². The van der Waals surface area contributed by atoms with Gasteiger partial charge in [0.25, 0.3) is 5.91 Å². The van der Waals surface area contributed by atoms with Crippen molar-refractivity contribution in [2.45, 2.75) is 25.9 Å². The van der Waals surface area contributed by atoms with Crippen LogP contribution in [0, 0.1) is 0 Å². The van der Waals surface area contributed by atoms with Gasteiger partial charge in [0.05, 0.1) is 11.4 Å². The Labute approximate surface area is 123 Å². The lowest BCUT2D eigenvalue weighted by molar-refractivity contribution is 0.0905. The summed E-state index contributed by atoms with van der Waals surface area (Å²) in [5.74, 6) is 0.00346. The molecule has 0 saturated carbocycles. The second-order valence-electron chi connectivity index (χ2n) is 5.21. The average Bonchev–Trinajstić information content (AvgIpc) is 2.87. The Bertz CT molecular complexity index is 607. The highest BCUT2D eigenvalue weighted by molar-refractivity contribution is 5.92. The summed E-state index contributed by atoms with van der Waals surface area (Å²) < 4.78 is 1.55. The summed E-state index contributed by atoms with van der Waals surface area (Å²) in [6.45, 7) is 4.15. The standard InChI is InChI=1S/C15H20N4O2/c1-10(2)12-8-13(19(3)18-12)15(21)17-9-14(20)11-6-4-5-7-16-11/h4-8,10,14,20H,9H2,1-3H3,(H,17,21). The van der Waals surface area contributed by atoms with Gasteiger partial charge < -0.3 is 10.4 Å². The Hall–Kier alpha value is -2.21. The van der Waals surface area contributed by atoms with Crippen LogP contribution in [0.25, 0.3) is 0 Å². The van der Waals surface area contributed by atoms with Crippen LogP contribution < -0.4 is 5.32 Å². The molecule has 0 radical (unpaired) electrons. The SMILES string of the molecule is CC(C)c1cc(C(=O)NCC(O)c2ccccn2)n(C)n1. The van der Waals surface area contributed by atoms with E-state index in [9.17, 15) is 9.90 Å². The maximum absolute atomic E-state index is 12.1. The number of nitrogens with zero attached hydrogens (tertiary/aromatic N) is 3. The van der Waals surface area contributed by atoms with Crippen molar-refractivity contribution in [3.05, 3.63) is 47.5 Å². The van der Waals surface area contributed by atoms with Gasteiger partial charge >= 0.3 is 0 Å². The zero-order valence-corrected chi connectivity index (χ0v) is 12.4. The van der Waals surface area contributed by atoms with Gasteiger partial charge in [-0.15, -0.1) is 0 Å². The van der Waals surface area contributed by atoms with Gasteiger partial charge in [-0.1, -0.05) is 19.9 Å². The number of amides is 1. The van der Waals surface area contributed by atoms with Gasteiger partial charge in [-0.2, -0.15) is 5.10 Å². The summed E-state index contributed by atoms with van der Waals surface area (Å²) in [4.78, 5) is 16.2. The lowest BCUT2D eigenvalue weighted by atomic mass is 10.1. The van der Waals surface area contributed by atoms with Crippen molar-refractivity contribution in [1.82, 2.24) is 20.1 Å². The summed E-state index contributed by atoms with van der Waals surface area (Å²) >= 11 is 0. The van der Waals surface area contributed by atoms with E-state index in [4.69, 9.17) is 0 Å². The smallest absolute Gasteiger partial charge is 0.269 e. The molecular weight excluding hydrogens is 268 g/mol. The van der Waals surface area contributed by atoms with Crippen molar-refractivity contribution >= 4 is 5.91 Å².